The van der Waals surface area contributed by atoms with Crippen molar-refractivity contribution in [1.29, 1.82) is 0 Å². The molecule has 136 valence electrons. The summed E-state index contributed by atoms with van der Waals surface area (Å²) >= 11 is 0. The standard InChI is InChI=1S/C23H29N3/c1-17-5-4-13-26(17)14-12-21-16-20-15-19(8-11-23(20)24-21)18-6-9-22(10-7-18)25(2)3/h6-11,15-17,24H,4-5,12-14H2,1-3H3. The third-order valence-corrected chi connectivity index (χ3v) is 5.75. The molecule has 0 saturated carbocycles. The van der Waals surface area contributed by atoms with Gasteiger partial charge in [0.05, 0.1) is 0 Å². The molecule has 0 amide bonds. The number of hydrogen-bond acceptors (Lipinski definition) is 2. The maximum atomic E-state index is 3.60. The molecule has 0 spiro atoms. The minimum Gasteiger partial charge on any atom is -0.378 e. The number of rotatable bonds is 5. The molecule has 0 aliphatic carbocycles. The quantitative estimate of drug-likeness (QED) is 0.707. The lowest BCUT2D eigenvalue weighted by Crippen LogP contribution is -2.29. The second-order valence-electron chi connectivity index (χ2n) is 7.82. The van der Waals surface area contributed by atoms with Crippen LogP contribution in [0.1, 0.15) is 25.5 Å². The Kier molecular flexibility index (Phi) is 4.73. The Bertz CT molecular complexity index is 876. The second kappa shape index (κ2) is 7.16. The summed E-state index contributed by atoms with van der Waals surface area (Å²) in [5.74, 6) is 0. The normalized spacial score (nSPS) is 17.9. The predicted molar refractivity (Wildman–Crippen MR) is 112 cm³/mol. The predicted octanol–water partition coefficient (Wildman–Crippen LogP) is 4.93. The molecule has 4 rings (SSSR count). The molecule has 3 heteroatoms. The molecule has 1 aliphatic rings. The average Bonchev–Trinajstić information content (AvgIpc) is 3.24. The van der Waals surface area contributed by atoms with Gasteiger partial charge in [-0.15, -0.1) is 0 Å². The summed E-state index contributed by atoms with van der Waals surface area (Å²) in [6.07, 6.45) is 3.80. The van der Waals surface area contributed by atoms with Crippen molar-refractivity contribution in [1.82, 2.24) is 9.88 Å². The highest BCUT2D eigenvalue weighted by Gasteiger charge is 2.19. The first-order valence-corrected chi connectivity index (χ1v) is 9.73. The summed E-state index contributed by atoms with van der Waals surface area (Å²) in [6, 6.07) is 18.6. The van der Waals surface area contributed by atoms with Crippen LogP contribution in [0.5, 0.6) is 0 Å². The largest absolute Gasteiger partial charge is 0.378 e. The zero-order valence-electron chi connectivity index (χ0n) is 16.1. The van der Waals surface area contributed by atoms with E-state index in [1.54, 1.807) is 0 Å². The fourth-order valence-electron chi connectivity index (χ4n) is 4.05. The van der Waals surface area contributed by atoms with Crippen molar-refractivity contribution in [3.8, 4) is 11.1 Å². The maximum absolute atomic E-state index is 3.60. The molecule has 2 aromatic carbocycles. The van der Waals surface area contributed by atoms with Crippen molar-refractivity contribution in [2.75, 3.05) is 32.1 Å². The van der Waals surface area contributed by atoms with Gasteiger partial charge < -0.3 is 14.8 Å². The number of aromatic nitrogens is 1. The van der Waals surface area contributed by atoms with Crippen molar-refractivity contribution in [3.05, 3.63) is 54.2 Å². The molecule has 0 bridgehead atoms. The first kappa shape index (κ1) is 17.2. The van der Waals surface area contributed by atoms with E-state index in [1.807, 2.05) is 0 Å². The highest BCUT2D eigenvalue weighted by molar-refractivity contribution is 5.86. The van der Waals surface area contributed by atoms with Gasteiger partial charge in [-0.05, 0) is 67.8 Å². The van der Waals surface area contributed by atoms with Crippen LogP contribution < -0.4 is 4.90 Å². The van der Waals surface area contributed by atoms with Crippen LogP contribution in [0, 0.1) is 0 Å². The third kappa shape index (κ3) is 3.49. The number of benzene rings is 2. The number of nitrogens with zero attached hydrogens (tertiary/aromatic N) is 2. The highest BCUT2D eigenvalue weighted by atomic mass is 15.2. The second-order valence-corrected chi connectivity index (χ2v) is 7.82. The summed E-state index contributed by atoms with van der Waals surface area (Å²) in [7, 11) is 4.15. The van der Waals surface area contributed by atoms with E-state index in [1.165, 1.54) is 52.8 Å². The van der Waals surface area contributed by atoms with Gasteiger partial charge in [-0.3, -0.25) is 0 Å². The average molecular weight is 348 g/mol. The Hall–Kier alpha value is -2.26. The molecule has 0 radical (unpaired) electrons. The summed E-state index contributed by atoms with van der Waals surface area (Å²) in [4.78, 5) is 8.35. The Morgan fingerprint density at radius 1 is 1.04 bits per heavy atom. The van der Waals surface area contributed by atoms with E-state index < -0.39 is 0 Å². The molecule has 1 fully saturated rings. The minimum absolute atomic E-state index is 0.746. The Balaban J connectivity index is 1.51. The van der Waals surface area contributed by atoms with Crippen molar-refractivity contribution in [2.24, 2.45) is 0 Å². The van der Waals surface area contributed by atoms with Gasteiger partial charge in [0.25, 0.3) is 0 Å². The number of likely N-dealkylation sites (tertiary alicyclic amines) is 1. The van der Waals surface area contributed by atoms with Crippen molar-refractivity contribution in [3.63, 3.8) is 0 Å². The van der Waals surface area contributed by atoms with Gasteiger partial charge in [-0.1, -0.05) is 18.2 Å². The van der Waals surface area contributed by atoms with Gasteiger partial charge in [0, 0.05) is 55.4 Å². The summed E-state index contributed by atoms with van der Waals surface area (Å²) in [5, 5.41) is 1.31. The van der Waals surface area contributed by atoms with E-state index >= 15 is 0 Å². The molecule has 3 aromatic rings. The van der Waals surface area contributed by atoms with E-state index in [0.717, 1.165) is 19.0 Å². The van der Waals surface area contributed by atoms with Gasteiger partial charge >= 0.3 is 0 Å². The van der Waals surface area contributed by atoms with Crippen LogP contribution >= 0.6 is 0 Å². The van der Waals surface area contributed by atoms with Crippen molar-refractivity contribution >= 4 is 16.6 Å². The van der Waals surface area contributed by atoms with Gasteiger partial charge in [-0.2, -0.15) is 0 Å². The van der Waals surface area contributed by atoms with E-state index in [-0.39, 0.29) is 0 Å². The summed E-state index contributed by atoms with van der Waals surface area (Å²) < 4.78 is 0. The molecule has 1 N–H and O–H groups in total. The lowest BCUT2D eigenvalue weighted by atomic mass is 10.0. The van der Waals surface area contributed by atoms with Gasteiger partial charge in [0.1, 0.15) is 0 Å². The molecule has 1 aliphatic heterocycles. The third-order valence-electron chi connectivity index (χ3n) is 5.75. The van der Waals surface area contributed by atoms with Crippen LogP contribution in [0.25, 0.3) is 22.0 Å². The lowest BCUT2D eigenvalue weighted by Gasteiger charge is -2.20. The Labute approximate surface area is 156 Å². The topological polar surface area (TPSA) is 22.3 Å². The fraction of sp³-hybridized carbons (Fsp3) is 0.391. The number of aromatic amines is 1. The van der Waals surface area contributed by atoms with Gasteiger partial charge in [-0.25, -0.2) is 0 Å². The smallest absolute Gasteiger partial charge is 0.0456 e. The molecule has 26 heavy (non-hydrogen) atoms. The van der Waals surface area contributed by atoms with E-state index in [0.29, 0.717) is 0 Å². The number of hydrogen-bond donors (Lipinski definition) is 1. The Morgan fingerprint density at radius 3 is 2.50 bits per heavy atom. The fourth-order valence-corrected chi connectivity index (χ4v) is 4.05. The molecular weight excluding hydrogens is 318 g/mol. The molecule has 1 aromatic heterocycles. The van der Waals surface area contributed by atoms with E-state index in [9.17, 15) is 0 Å². The molecular formula is C23H29N3. The van der Waals surface area contributed by atoms with Crippen LogP contribution in [0.4, 0.5) is 5.69 Å². The van der Waals surface area contributed by atoms with Crippen LogP contribution in [0.2, 0.25) is 0 Å². The van der Waals surface area contributed by atoms with Crippen LogP contribution in [-0.4, -0.2) is 43.1 Å². The lowest BCUT2D eigenvalue weighted by molar-refractivity contribution is 0.271. The number of H-pyrrole nitrogens is 1. The van der Waals surface area contributed by atoms with E-state index in [4.69, 9.17) is 0 Å². The summed E-state index contributed by atoms with van der Waals surface area (Å²) in [5.41, 5.74) is 6.37. The molecule has 2 heterocycles. The summed E-state index contributed by atoms with van der Waals surface area (Å²) in [6.45, 7) is 4.77. The SMILES string of the molecule is CC1CCCN1CCc1cc2cc(-c3ccc(N(C)C)cc3)ccc2[nH]1. The number of anilines is 1. The minimum atomic E-state index is 0.746. The number of fused-ring (bicyclic) bond motifs is 1. The zero-order valence-corrected chi connectivity index (χ0v) is 16.1. The van der Waals surface area contributed by atoms with Crippen LogP contribution in [-0.2, 0) is 6.42 Å². The van der Waals surface area contributed by atoms with Gasteiger partial charge in [0.15, 0.2) is 0 Å². The van der Waals surface area contributed by atoms with Crippen LogP contribution in [0.3, 0.4) is 0 Å². The monoisotopic (exact) mass is 347 g/mol. The first-order chi connectivity index (χ1) is 12.6. The maximum Gasteiger partial charge on any atom is 0.0456 e. The van der Waals surface area contributed by atoms with Crippen molar-refractivity contribution < 1.29 is 0 Å². The van der Waals surface area contributed by atoms with Crippen molar-refractivity contribution in [2.45, 2.75) is 32.2 Å². The molecule has 1 unspecified atom stereocenters. The molecule has 1 atom stereocenters. The Morgan fingerprint density at radius 2 is 1.81 bits per heavy atom. The molecule has 3 nitrogen and oxygen atoms in total. The van der Waals surface area contributed by atoms with E-state index in [2.05, 4.69) is 84.3 Å². The van der Waals surface area contributed by atoms with Gasteiger partial charge in [0.2, 0.25) is 0 Å². The number of nitrogens with one attached hydrogen (secondary N) is 1. The first-order valence-electron chi connectivity index (χ1n) is 9.73. The molecule has 1 saturated heterocycles. The highest BCUT2D eigenvalue weighted by Crippen LogP contribution is 2.27. The van der Waals surface area contributed by atoms with Crippen LogP contribution in [0.15, 0.2) is 48.5 Å². The zero-order chi connectivity index (χ0) is 18.1.